The van der Waals surface area contributed by atoms with Gasteiger partial charge in [-0.05, 0) is 13.3 Å². The predicted octanol–water partition coefficient (Wildman–Crippen LogP) is 6.08. The quantitative estimate of drug-likeness (QED) is 0.282. The summed E-state index contributed by atoms with van der Waals surface area (Å²) in [5, 5.41) is 0. The van der Waals surface area contributed by atoms with Gasteiger partial charge in [0.15, 0.2) is 0 Å². The van der Waals surface area contributed by atoms with E-state index in [-0.39, 0.29) is 12.3 Å². The molecule has 29 heavy (non-hydrogen) atoms. The van der Waals surface area contributed by atoms with Crippen LogP contribution in [0.2, 0.25) is 0 Å². The minimum atomic E-state index is -0.410. The number of H-pyrrole nitrogens is 1. The number of hydrogen-bond donors (Lipinski definition) is 1. The summed E-state index contributed by atoms with van der Waals surface area (Å²) >= 11 is 0. The summed E-state index contributed by atoms with van der Waals surface area (Å²) in [6.45, 7) is 4.82. The fraction of sp³-hybridized carbons (Fsp3) is 0.833. The molecule has 0 saturated heterocycles. The first-order valence-electron chi connectivity index (χ1n) is 12.0. The van der Waals surface area contributed by atoms with Gasteiger partial charge in [-0.1, -0.05) is 103 Å². The van der Waals surface area contributed by atoms with Crippen LogP contribution in [0, 0.1) is 6.92 Å². The summed E-state index contributed by atoms with van der Waals surface area (Å²) in [5.74, 6) is 0. The monoisotopic (exact) mass is 408 g/mol. The minimum Gasteiger partial charge on any atom is -0.361 e. The Kier molecular flexibility index (Phi) is 15.5. The van der Waals surface area contributed by atoms with E-state index in [0.29, 0.717) is 12.2 Å². The van der Waals surface area contributed by atoms with E-state index < -0.39 is 5.69 Å². The number of hydrogen-bond acceptors (Lipinski definition) is 3. The lowest BCUT2D eigenvalue weighted by atomic mass is 10.0. The van der Waals surface area contributed by atoms with Crippen molar-refractivity contribution in [3.8, 4) is 0 Å². The van der Waals surface area contributed by atoms with Gasteiger partial charge >= 0.3 is 5.69 Å². The number of unbranched alkanes of at least 4 members (excludes halogenated alkanes) is 15. The van der Waals surface area contributed by atoms with Crippen LogP contribution in [0.3, 0.4) is 0 Å². The van der Waals surface area contributed by atoms with Crippen molar-refractivity contribution in [2.75, 3.05) is 6.61 Å². The molecule has 0 aliphatic heterocycles. The van der Waals surface area contributed by atoms with Crippen LogP contribution in [0.15, 0.2) is 15.8 Å². The fourth-order valence-electron chi connectivity index (χ4n) is 3.63. The summed E-state index contributed by atoms with van der Waals surface area (Å²) in [4.78, 5) is 25.2. The number of rotatable bonds is 19. The van der Waals surface area contributed by atoms with Gasteiger partial charge in [-0.25, -0.2) is 4.79 Å². The summed E-state index contributed by atoms with van der Waals surface area (Å²) in [5.41, 5.74) is -0.216. The molecule has 0 aliphatic rings. The molecule has 0 saturated carbocycles. The van der Waals surface area contributed by atoms with E-state index in [1.54, 1.807) is 13.1 Å². The highest BCUT2D eigenvalue weighted by Gasteiger charge is 2.00. The Bertz CT molecular complexity index is 621. The zero-order valence-corrected chi connectivity index (χ0v) is 19.0. The largest absolute Gasteiger partial charge is 0.361 e. The van der Waals surface area contributed by atoms with Crippen molar-refractivity contribution in [1.82, 2.24) is 9.55 Å². The van der Waals surface area contributed by atoms with Crippen LogP contribution in [0.5, 0.6) is 0 Å². The van der Waals surface area contributed by atoms with Crippen molar-refractivity contribution in [3.63, 3.8) is 0 Å². The molecule has 0 amide bonds. The number of aromatic nitrogens is 2. The van der Waals surface area contributed by atoms with Gasteiger partial charge in [-0.15, -0.1) is 0 Å². The Morgan fingerprint density at radius 1 is 0.759 bits per heavy atom. The normalized spacial score (nSPS) is 11.2. The molecule has 0 spiro atoms. The van der Waals surface area contributed by atoms with Crippen molar-refractivity contribution in [1.29, 1.82) is 0 Å². The third-order valence-corrected chi connectivity index (χ3v) is 5.56. The SMILES string of the molecule is CCCCCCCCCCCCCCCCCCOCn1cc(C)c(=O)[nH]c1=O. The molecule has 1 rings (SSSR count). The fourth-order valence-corrected chi connectivity index (χ4v) is 3.63. The van der Waals surface area contributed by atoms with E-state index >= 15 is 0 Å². The van der Waals surface area contributed by atoms with E-state index in [0.717, 1.165) is 6.42 Å². The lowest BCUT2D eigenvalue weighted by Crippen LogP contribution is -2.31. The average Bonchev–Trinajstić information content (AvgIpc) is 2.70. The summed E-state index contributed by atoms with van der Waals surface area (Å²) in [6.07, 6.45) is 23.2. The van der Waals surface area contributed by atoms with Gasteiger partial charge < -0.3 is 4.74 Å². The zero-order chi connectivity index (χ0) is 21.2. The molecule has 5 heteroatoms. The highest BCUT2D eigenvalue weighted by Crippen LogP contribution is 2.13. The Morgan fingerprint density at radius 3 is 1.69 bits per heavy atom. The molecule has 0 bridgehead atoms. The first-order valence-corrected chi connectivity index (χ1v) is 12.0. The summed E-state index contributed by atoms with van der Waals surface area (Å²) in [6, 6.07) is 0. The second kappa shape index (κ2) is 17.5. The third kappa shape index (κ3) is 13.5. The third-order valence-electron chi connectivity index (χ3n) is 5.56. The van der Waals surface area contributed by atoms with Gasteiger partial charge in [-0.3, -0.25) is 14.3 Å². The van der Waals surface area contributed by atoms with Gasteiger partial charge in [0.1, 0.15) is 6.73 Å². The van der Waals surface area contributed by atoms with Gasteiger partial charge in [-0.2, -0.15) is 0 Å². The highest BCUT2D eigenvalue weighted by atomic mass is 16.5. The Labute approximate surface area is 177 Å². The first-order chi connectivity index (χ1) is 14.1. The van der Waals surface area contributed by atoms with Crippen molar-refractivity contribution >= 4 is 0 Å². The Hall–Kier alpha value is -1.36. The van der Waals surface area contributed by atoms with Crippen LogP contribution in [-0.4, -0.2) is 16.2 Å². The number of aryl methyl sites for hydroxylation is 1. The first kappa shape index (κ1) is 25.7. The van der Waals surface area contributed by atoms with Crippen LogP contribution in [-0.2, 0) is 11.5 Å². The average molecular weight is 409 g/mol. The molecule has 1 N–H and O–H groups in total. The lowest BCUT2D eigenvalue weighted by Gasteiger charge is -2.07. The maximum Gasteiger partial charge on any atom is 0.330 e. The Balaban J connectivity index is 1.82. The van der Waals surface area contributed by atoms with E-state index in [1.165, 1.54) is 101 Å². The molecule has 5 nitrogen and oxygen atoms in total. The standard InChI is InChI=1S/C24H44N2O3/c1-3-4-5-6-7-8-9-10-11-12-13-14-15-16-17-18-19-29-21-26-20-22(2)23(27)25-24(26)28/h20H,3-19,21H2,1-2H3,(H,25,27,28). The van der Waals surface area contributed by atoms with E-state index in [4.69, 9.17) is 4.74 Å². The molecule has 0 atom stereocenters. The molecule has 0 radical (unpaired) electrons. The molecule has 0 aromatic carbocycles. The van der Waals surface area contributed by atoms with Gasteiger partial charge in [0, 0.05) is 18.4 Å². The smallest absolute Gasteiger partial charge is 0.330 e. The van der Waals surface area contributed by atoms with Crippen molar-refractivity contribution in [3.05, 3.63) is 32.6 Å². The molecule has 1 heterocycles. The Morgan fingerprint density at radius 2 is 1.21 bits per heavy atom. The highest BCUT2D eigenvalue weighted by molar-refractivity contribution is 5.00. The predicted molar refractivity (Wildman–Crippen MR) is 122 cm³/mol. The number of nitrogens with zero attached hydrogens (tertiary/aromatic N) is 1. The molecular weight excluding hydrogens is 364 g/mol. The van der Waals surface area contributed by atoms with Gasteiger partial charge in [0.2, 0.25) is 0 Å². The molecule has 1 aromatic heterocycles. The van der Waals surface area contributed by atoms with E-state index in [9.17, 15) is 9.59 Å². The topological polar surface area (TPSA) is 64.1 Å². The van der Waals surface area contributed by atoms with Crippen molar-refractivity contribution < 1.29 is 4.74 Å². The number of aromatic amines is 1. The van der Waals surface area contributed by atoms with Crippen molar-refractivity contribution in [2.24, 2.45) is 0 Å². The van der Waals surface area contributed by atoms with Crippen LogP contribution in [0.25, 0.3) is 0 Å². The van der Waals surface area contributed by atoms with Crippen LogP contribution < -0.4 is 11.2 Å². The lowest BCUT2D eigenvalue weighted by molar-refractivity contribution is 0.0704. The molecule has 1 aromatic rings. The van der Waals surface area contributed by atoms with E-state index in [1.807, 2.05) is 0 Å². The maximum absolute atomic E-state index is 11.6. The number of nitrogens with one attached hydrogen (secondary N) is 1. The van der Waals surface area contributed by atoms with Crippen LogP contribution in [0.1, 0.15) is 115 Å². The molecule has 0 fully saturated rings. The molecule has 0 aliphatic carbocycles. The van der Waals surface area contributed by atoms with Gasteiger partial charge in [0.25, 0.3) is 5.56 Å². The maximum atomic E-state index is 11.6. The second-order valence-electron chi connectivity index (χ2n) is 8.38. The zero-order valence-electron chi connectivity index (χ0n) is 19.0. The number of ether oxygens (including phenoxy) is 1. The second-order valence-corrected chi connectivity index (χ2v) is 8.38. The molecule has 168 valence electrons. The summed E-state index contributed by atoms with van der Waals surface area (Å²) < 4.78 is 6.96. The van der Waals surface area contributed by atoms with Crippen molar-refractivity contribution in [2.45, 2.75) is 123 Å². The summed E-state index contributed by atoms with van der Waals surface area (Å²) in [7, 11) is 0. The molecule has 0 unspecified atom stereocenters. The van der Waals surface area contributed by atoms with Crippen LogP contribution in [0.4, 0.5) is 0 Å². The minimum absolute atomic E-state index is 0.204. The molecular formula is C24H44N2O3. The van der Waals surface area contributed by atoms with E-state index in [2.05, 4.69) is 11.9 Å². The van der Waals surface area contributed by atoms with Gasteiger partial charge in [0.05, 0.1) is 0 Å². The van der Waals surface area contributed by atoms with Crippen LogP contribution >= 0.6 is 0 Å².